The molecule has 8 heteroatoms. The number of hydrogen-bond donors (Lipinski definition) is 1. The van der Waals surface area contributed by atoms with Gasteiger partial charge in [-0.2, -0.15) is 8.42 Å². The van der Waals surface area contributed by atoms with E-state index < -0.39 is 33.7 Å². The standard InChI is InChI=1S/C27H50O7S/c1-3-5-7-8-9-10-11-12-13-14-15-16-17-18-19-20-21-23-33-26(28)24-25(35(30,31)32)27(29)34-22-6-4-2/h4,25H,2-3,5-24H2,1H3,(H,30,31,32). The van der Waals surface area contributed by atoms with Crippen molar-refractivity contribution in [2.45, 2.75) is 134 Å². The zero-order valence-electron chi connectivity index (χ0n) is 22.0. The first kappa shape index (κ1) is 33.6. The Morgan fingerprint density at radius 3 is 1.57 bits per heavy atom. The van der Waals surface area contributed by atoms with Crippen molar-refractivity contribution in [3.05, 3.63) is 12.7 Å². The molecule has 0 fully saturated rings. The second-order valence-electron chi connectivity index (χ2n) is 9.33. The van der Waals surface area contributed by atoms with E-state index in [2.05, 4.69) is 13.5 Å². The maximum Gasteiger partial charge on any atom is 0.327 e. The third kappa shape index (κ3) is 21.6. The summed E-state index contributed by atoms with van der Waals surface area (Å²) in [5.41, 5.74) is 0. The SMILES string of the molecule is C=CCCOC(=O)C(CC(=O)OCCCCCCCCCCCCCCCCCCC)S(=O)(=O)O. The molecule has 0 aromatic carbocycles. The Morgan fingerprint density at radius 2 is 1.17 bits per heavy atom. The lowest BCUT2D eigenvalue weighted by Gasteiger charge is -2.12. The van der Waals surface area contributed by atoms with Crippen molar-refractivity contribution in [1.29, 1.82) is 0 Å². The predicted molar refractivity (Wildman–Crippen MR) is 141 cm³/mol. The van der Waals surface area contributed by atoms with Crippen molar-refractivity contribution < 1.29 is 32.0 Å². The number of unbranched alkanes of at least 4 members (excludes halogenated alkanes) is 16. The summed E-state index contributed by atoms with van der Waals surface area (Å²) in [4.78, 5) is 23.7. The van der Waals surface area contributed by atoms with Crippen LogP contribution in [0.4, 0.5) is 0 Å². The average molecular weight is 519 g/mol. The van der Waals surface area contributed by atoms with Crippen LogP contribution >= 0.6 is 0 Å². The molecule has 0 bridgehead atoms. The van der Waals surface area contributed by atoms with Crippen molar-refractivity contribution in [3.63, 3.8) is 0 Å². The molecule has 0 aliphatic carbocycles. The van der Waals surface area contributed by atoms with E-state index in [-0.39, 0.29) is 13.2 Å². The summed E-state index contributed by atoms with van der Waals surface area (Å²) >= 11 is 0. The van der Waals surface area contributed by atoms with Gasteiger partial charge in [0.25, 0.3) is 10.1 Å². The summed E-state index contributed by atoms with van der Waals surface area (Å²) in [5, 5.41) is -1.96. The van der Waals surface area contributed by atoms with Crippen LogP contribution in [-0.4, -0.2) is 43.4 Å². The van der Waals surface area contributed by atoms with E-state index in [0.717, 1.165) is 19.3 Å². The molecule has 0 saturated heterocycles. The fourth-order valence-corrected chi connectivity index (χ4v) is 4.53. The molecule has 0 aliphatic heterocycles. The van der Waals surface area contributed by atoms with Gasteiger partial charge in [0, 0.05) is 0 Å². The van der Waals surface area contributed by atoms with E-state index in [4.69, 9.17) is 9.47 Å². The van der Waals surface area contributed by atoms with Gasteiger partial charge in [0.15, 0.2) is 5.25 Å². The normalized spacial score (nSPS) is 12.3. The summed E-state index contributed by atoms with van der Waals surface area (Å²) in [5.74, 6) is -2.01. The van der Waals surface area contributed by atoms with Crippen molar-refractivity contribution in [2.75, 3.05) is 13.2 Å². The fraction of sp³-hybridized carbons (Fsp3) is 0.852. The van der Waals surface area contributed by atoms with Gasteiger partial charge in [-0.25, -0.2) is 0 Å². The highest BCUT2D eigenvalue weighted by Crippen LogP contribution is 2.14. The summed E-state index contributed by atoms with van der Waals surface area (Å²) in [6, 6.07) is 0. The van der Waals surface area contributed by atoms with Crippen LogP contribution in [-0.2, 0) is 29.2 Å². The Labute approximate surface area is 214 Å². The van der Waals surface area contributed by atoms with Crippen LogP contribution in [0.15, 0.2) is 12.7 Å². The molecule has 0 amide bonds. The topological polar surface area (TPSA) is 107 Å². The summed E-state index contributed by atoms with van der Waals surface area (Å²) in [6.45, 7) is 5.82. The number of carbonyl (C=O) groups is 2. The van der Waals surface area contributed by atoms with E-state index in [1.165, 1.54) is 89.5 Å². The Hall–Kier alpha value is -1.41. The monoisotopic (exact) mass is 518 g/mol. The Bertz CT molecular complexity index is 646. The van der Waals surface area contributed by atoms with E-state index in [0.29, 0.717) is 12.8 Å². The molecular formula is C27H50O7S. The number of esters is 2. The van der Waals surface area contributed by atoms with Gasteiger partial charge >= 0.3 is 11.9 Å². The molecule has 0 aromatic heterocycles. The van der Waals surface area contributed by atoms with Crippen molar-refractivity contribution in [1.82, 2.24) is 0 Å². The first-order valence-electron chi connectivity index (χ1n) is 13.7. The van der Waals surface area contributed by atoms with Crippen LogP contribution in [0.1, 0.15) is 129 Å². The van der Waals surface area contributed by atoms with Crippen LogP contribution in [0.5, 0.6) is 0 Å². The summed E-state index contributed by atoms with van der Waals surface area (Å²) in [7, 11) is -4.76. The van der Waals surface area contributed by atoms with Crippen molar-refractivity contribution in [2.24, 2.45) is 0 Å². The maximum atomic E-state index is 11.9. The average Bonchev–Trinajstić information content (AvgIpc) is 2.81. The second kappa shape index (κ2) is 23.0. The molecule has 1 N–H and O–H groups in total. The molecule has 0 rings (SSSR count). The number of hydrogen-bond acceptors (Lipinski definition) is 6. The quantitative estimate of drug-likeness (QED) is 0.0603. The van der Waals surface area contributed by atoms with Gasteiger partial charge in [-0.15, -0.1) is 6.58 Å². The van der Waals surface area contributed by atoms with Gasteiger partial charge in [0.05, 0.1) is 19.6 Å². The maximum absolute atomic E-state index is 11.9. The number of rotatable bonds is 25. The third-order valence-corrected chi connectivity index (χ3v) is 7.13. The number of carbonyl (C=O) groups excluding carboxylic acids is 2. The van der Waals surface area contributed by atoms with Crippen molar-refractivity contribution >= 4 is 22.1 Å². The molecule has 1 unspecified atom stereocenters. The third-order valence-electron chi connectivity index (χ3n) is 6.05. The molecule has 1 atom stereocenters. The molecule has 0 spiro atoms. The smallest absolute Gasteiger partial charge is 0.327 e. The van der Waals surface area contributed by atoms with Crippen LogP contribution in [0.25, 0.3) is 0 Å². The molecule has 0 heterocycles. The molecule has 0 saturated carbocycles. The van der Waals surface area contributed by atoms with Gasteiger partial charge in [-0.1, -0.05) is 116 Å². The Balaban J connectivity index is 3.63. The summed E-state index contributed by atoms with van der Waals surface area (Å²) < 4.78 is 41.8. The van der Waals surface area contributed by atoms with Crippen LogP contribution in [0.2, 0.25) is 0 Å². The van der Waals surface area contributed by atoms with E-state index in [1.54, 1.807) is 0 Å². The molecule has 35 heavy (non-hydrogen) atoms. The van der Waals surface area contributed by atoms with Crippen LogP contribution < -0.4 is 0 Å². The minimum absolute atomic E-state index is 0.0668. The van der Waals surface area contributed by atoms with Gasteiger partial charge in [-0.3, -0.25) is 14.1 Å². The fourth-order valence-electron chi connectivity index (χ4n) is 3.87. The van der Waals surface area contributed by atoms with E-state index >= 15 is 0 Å². The lowest BCUT2D eigenvalue weighted by molar-refractivity contribution is -0.150. The van der Waals surface area contributed by atoms with E-state index in [1.807, 2.05) is 0 Å². The summed E-state index contributed by atoms with van der Waals surface area (Å²) in [6.07, 6.45) is 22.4. The lowest BCUT2D eigenvalue weighted by atomic mass is 10.0. The Kier molecular flexibility index (Phi) is 22.1. The van der Waals surface area contributed by atoms with Crippen LogP contribution in [0, 0.1) is 0 Å². The van der Waals surface area contributed by atoms with E-state index in [9.17, 15) is 22.6 Å². The zero-order chi connectivity index (χ0) is 26.2. The highest BCUT2D eigenvalue weighted by Gasteiger charge is 2.35. The number of ether oxygens (including phenoxy) is 2. The van der Waals surface area contributed by atoms with Gasteiger partial charge in [0.1, 0.15) is 0 Å². The largest absolute Gasteiger partial charge is 0.466 e. The minimum atomic E-state index is -4.76. The molecular weight excluding hydrogens is 468 g/mol. The molecule has 0 aromatic rings. The lowest BCUT2D eigenvalue weighted by Crippen LogP contribution is -2.34. The predicted octanol–water partition coefficient (Wildman–Crippen LogP) is 6.95. The van der Waals surface area contributed by atoms with Gasteiger partial charge < -0.3 is 9.47 Å². The van der Waals surface area contributed by atoms with Gasteiger partial charge in [-0.05, 0) is 12.8 Å². The Morgan fingerprint density at radius 1 is 0.743 bits per heavy atom. The first-order valence-corrected chi connectivity index (χ1v) is 15.2. The van der Waals surface area contributed by atoms with Crippen molar-refractivity contribution in [3.8, 4) is 0 Å². The van der Waals surface area contributed by atoms with Crippen LogP contribution in [0.3, 0.4) is 0 Å². The van der Waals surface area contributed by atoms with Gasteiger partial charge in [0.2, 0.25) is 0 Å². The molecule has 0 radical (unpaired) electrons. The molecule has 7 nitrogen and oxygen atoms in total. The highest BCUT2D eigenvalue weighted by molar-refractivity contribution is 7.87. The molecule has 0 aliphatic rings. The highest BCUT2D eigenvalue weighted by atomic mass is 32.2. The zero-order valence-corrected chi connectivity index (χ0v) is 22.8. The second-order valence-corrected chi connectivity index (χ2v) is 10.9. The molecule has 206 valence electrons. The minimum Gasteiger partial charge on any atom is -0.466 e. The first-order chi connectivity index (χ1) is 16.8.